The number of rotatable bonds is 3. The van der Waals surface area contributed by atoms with Crippen molar-refractivity contribution in [3.8, 4) is 5.30 Å². The third-order valence-corrected chi connectivity index (χ3v) is 11.3. The van der Waals surface area contributed by atoms with E-state index in [-0.39, 0.29) is 36.6 Å². The zero-order valence-electron chi connectivity index (χ0n) is 21.5. The molecule has 2 saturated heterocycles. The van der Waals surface area contributed by atoms with Crippen LogP contribution in [0, 0.1) is 0 Å². The van der Waals surface area contributed by atoms with Crippen molar-refractivity contribution < 1.29 is 18.6 Å². The monoisotopic (exact) mass is 466 g/mol. The Labute approximate surface area is 201 Å². The van der Waals surface area contributed by atoms with Crippen LogP contribution in [0.25, 0.3) is 5.30 Å². The highest BCUT2D eigenvalue weighted by atomic mass is 31.1. The lowest BCUT2D eigenvalue weighted by Gasteiger charge is -2.32. The summed E-state index contributed by atoms with van der Waals surface area (Å²) in [4.78, 5) is 0. The molecule has 0 amide bonds. The van der Waals surface area contributed by atoms with Gasteiger partial charge in [-0.25, -0.2) is 0 Å². The highest BCUT2D eigenvalue weighted by Gasteiger charge is 2.57. The van der Waals surface area contributed by atoms with E-state index in [1.807, 2.05) is 0 Å². The lowest BCUT2D eigenvalue weighted by Crippen LogP contribution is -2.41. The van der Waals surface area contributed by atoms with Gasteiger partial charge in [-0.15, -0.1) is 0 Å². The molecule has 0 atom stereocenters. The second kappa shape index (κ2) is 7.73. The molecule has 3 aliphatic rings. The fourth-order valence-electron chi connectivity index (χ4n) is 5.13. The number of hydrogen-bond acceptors (Lipinski definition) is 4. The standard InChI is InChI=1S/C26H37B2O4P/c1-23(2)24(3,4)30-27(29-23)21-19-16-12-13-17-20(19)22(33(21)18-14-10-9-11-15-18)28-31-25(5,6)26(7,8)32-28/h9-11,14-15H,12-13,16-17H2,1-8H3. The van der Waals surface area contributed by atoms with Crippen molar-refractivity contribution in [2.24, 2.45) is 0 Å². The van der Waals surface area contributed by atoms with Gasteiger partial charge in [0.15, 0.2) is 0 Å². The molecule has 0 saturated carbocycles. The van der Waals surface area contributed by atoms with Crippen LogP contribution in [0.3, 0.4) is 0 Å². The Morgan fingerprint density at radius 1 is 0.606 bits per heavy atom. The van der Waals surface area contributed by atoms with Crippen LogP contribution in [0.15, 0.2) is 30.3 Å². The van der Waals surface area contributed by atoms with Gasteiger partial charge in [-0.05, 0) is 97.5 Å². The van der Waals surface area contributed by atoms with Crippen LogP contribution in [0.1, 0.15) is 79.4 Å². The van der Waals surface area contributed by atoms with E-state index < -0.39 is 7.53 Å². The second-order valence-electron chi connectivity index (χ2n) is 11.8. The van der Waals surface area contributed by atoms with Crippen LogP contribution in [0.4, 0.5) is 0 Å². The molecular weight excluding hydrogens is 429 g/mol. The molecule has 2 aromatic rings. The Morgan fingerprint density at radius 2 is 0.970 bits per heavy atom. The zero-order valence-corrected chi connectivity index (χ0v) is 22.3. The van der Waals surface area contributed by atoms with E-state index in [2.05, 4.69) is 85.7 Å². The molecule has 0 spiro atoms. The molecule has 4 nitrogen and oxygen atoms in total. The van der Waals surface area contributed by atoms with Gasteiger partial charge in [-0.3, -0.25) is 0 Å². The topological polar surface area (TPSA) is 36.9 Å². The minimum atomic E-state index is -0.846. The van der Waals surface area contributed by atoms with Gasteiger partial charge in [-0.1, -0.05) is 37.9 Å². The van der Waals surface area contributed by atoms with E-state index in [1.165, 1.54) is 39.7 Å². The number of benzene rings is 1. The van der Waals surface area contributed by atoms with Crippen LogP contribution in [-0.2, 0) is 31.5 Å². The summed E-state index contributed by atoms with van der Waals surface area (Å²) in [5.74, 6) is 0. The van der Waals surface area contributed by atoms with Gasteiger partial charge in [0.25, 0.3) is 0 Å². The molecule has 1 aromatic heterocycles. The maximum atomic E-state index is 6.67. The molecule has 0 bridgehead atoms. The minimum Gasteiger partial charge on any atom is -0.399 e. The van der Waals surface area contributed by atoms with E-state index in [0.717, 1.165) is 12.8 Å². The number of fused-ring (bicyclic) bond motifs is 1. The molecular formula is C26H37B2O4P. The molecule has 7 heteroatoms. The molecule has 2 aliphatic heterocycles. The van der Waals surface area contributed by atoms with Gasteiger partial charge in [0.2, 0.25) is 0 Å². The normalized spacial score (nSPS) is 24.8. The molecule has 0 radical (unpaired) electrons. The van der Waals surface area contributed by atoms with E-state index in [1.54, 1.807) is 0 Å². The lowest BCUT2D eigenvalue weighted by molar-refractivity contribution is 0.00578. The van der Waals surface area contributed by atoms with Crippen molar-refractivity contribution >= 4 is 32.2 Å². The quantitative estimate of drug-likeness (QED) is 0.588. The summed E-state index contributed by atoms with van der Waals surface area (Å²) < 4.78 is 26.7. The summed E-state index contributed by atoms with van der Waals surface area (Å²) in [5.41, 5.74) is 1.41. The highest BCUT2D eigenvalue weighted by Crippen LogP contribution is 2.47. The molecule has 33 heavy (non-hydrogen) atoms. The molecule has 1 aromatic carbocycles. The first-order chi connectivity index (χ1) is 15.3. The Hall–Kier alpha value is -1.03. The summed E-state index contributed by atoms with van der Waals surface area (Å²) >= 11 is 0. The summed E-state index contributed by atoms with van der Waals surface area (Å²) in [7, 11) is -1.53. The fourth-order valence-corrected chi connectivity index (χ4v) is 8.08. The van der Waals surface area contributed by atoms with Gasteiger partial charge < -0.3 is 18.6 Å². The average Bonchev–Trinajstić information content (AvgIpc) is 3.26. The molecule has 3 heterocycles. The second-order valence-corrected chi connectivity index (χ2v) is 13.9. The smallest absolute Gasteiger partial charge is 0.399 e. The van der Waals surface area contributed by atoms with Gasteiger partial charge in [0.05, 0.1) is 22.4 Å². The predicted octanol–water partition coefficient (Wildman–Crippen LogP) is 5.14. The van der Waals surface area contributed by atoms with Crippen molar-refractivity contribution in [3.63, 3.8) is 0 Å². The van der Waals surface area contributed by atoms with Crippen LogP contribution >= 0.6 is 7.53 Å². The minimum absolute atomic E-state index is 0.343. The molecule has 5 rings (SSSR count). The van der Waals surface area contributed by atoms with Crippen molar-refractivity contribution in [1.82, 2.24) is 0 Å². The van der Waals surface area contributed by atoms with Gasteiger partial charge in [0, 0.05) is 10.4 Å². The van der Waals surface area contributed by atoms with Crippen LogP contribution in [-0.4, -0.2) is 36.6 Å². The Kier molecular flexibility index (Phi) is 5.55. The molecule has 0 unspecified atom stereocenters. The largest absolute Gasteiger partial charge is 0.499 e. The Balaban J connectivity index is 1.74. The van der Waals surface area contributed by atoms with Crippen molar-refractivity contribution in [2.75, 3.05) is 0 Å². The Morgan fingerprint density at radius 3 is 1.33 bits per heavy atom. The maximum absolute atomic E-state index is 6.67. The van der Waals surface area contributed by atoms with E-state index >= 15 is 0 Å². The Bertz CT molecular complexity index is 962. The predicted molar refractivity (Wildman–Crippen MR) is 139 cm³/mol. The van der Waals surface area contributed by atoms with Gasteiger partial charge in [0.1, 0.15) is 0 Å². The van der Waals surface area contributed by atoms with Crippen molar-refractivity contribution in [3.05, 3.63) is 41.5 Å². The van der Waals surface area contributed by atoms with Gasteiger partial charge in [-0.2, -0.15) is 0 Å². The first kappa shape index (κ1) is 23.7. The first-order valence-corrected chi connectivity index (χ1v) is 13.7. The van der Waals surface area contributed by atoms with Crippen LogP contribution < -0.4 is 10.4 Å². The van der Waals surface area contributed by atoms with E-state index in [9.17, 15) is 0 Å². The summed E-state index contributed by atoms with van der Waals surface area (Å²) in [6.45, 7) is 17.1. The SMILES string of the molecule is CC1(C)OB(c2c3c(c(B4OC(C)(C)C(C)(C)O4)p2-c2ccccc2)CCCC3)OC1(C)C. The molecule has 0 N–H and O–H groups in total. The average molecular weight is 466 g/mol. The van der Waals surface area contributed by atoms with Crippen molar-refractivity contribution in [2.45, 2.75) is 103 Å². The summed E-state index contributed by atoms with van der Waals surface area (Å²) in [5, 5.41) is 3.97. The maximum Gasteiger partial charge on any atom is 0.499 e. The van der Waals surface area contributed by atoms with E-state index in [4.69, 9.17) is 18.6 Å². The fraction of sp³-hybridized carbons (Fsp3) is 0.615. The highest BCUT2D eigenvalue weighted by molar-refractivity contribution is 7.69. The third kappa shape index (κ3) is 3.69. The summed E-state index contributed by atoms with van der Waals surface area (Å²) in [6, 6.07) is 10.9. The third-order valence-electron chi connectivity index (χ3n) is 8.54. The first-order valence-electron chi connectivity index (χ1n) is 12.4. The lowest BCUT2D eigenvalue weighted by atomic mass is 9.75. The van der Waals surface area contributed by atoms with Crippen LogP contribution in [0.5, 0.6) is 0 Å². The van der Waals surface area contributed by atoms with E-state index in [0.29, 0.717) is 0 Å². The zero-order chi connectivity index (χ0) is 23.8. The summed E-state index contributed by atoms with van der Waals surface area (Å²) in [6.07, 6.45) is 4.56. The molecule has 1 aliphatic carbocycles. The van der Waals surface area contributed by atoms with Gasteiger partial charge >= 0.3 is 14.2 Å². The number of hydrogen-bond donors (Lipinski definition) is 0. The van der Waals surface area contributed by atoms with Crippen LogP contribution in [0.2, 0.25) is 0 Å². The van der Waals surface area contributed by atoms with Crippen molar-refractivity contribution in [1.29, 1.82) is 0 Å². The molecule has 176 valence electrons. The molecule has 2 fully saturated rings.